The molecule has 20 heavy (non-hydrogen) atoms. The van der Waals surface area contributed by atoms with Gasteiger partial charge in [0.05, 0.1) is 0 Å². The number of nitrogens with zero attached hydrogens (tertiary/aromatic N) is 1. The van der Waals surface area contributed by atoms with Crippen molar-refractivity contribution in [2.45, 2.75) is 19.5 Å². The minimum Gasteiger partial charge on any atom is -0.454 e. The summed E-state index contributed by atoms with van der Waals surface area (Å²) < 4.78 is 12.3. The molecule has 104 valence electrons. The molecule has 0 saturated carbocycles. The Kier molecular flexibility index (Phi) is 3.20. The molecule has 1 aromatic carbocycles. The summed E-state index contributed by atoms with van der Waals surface area (Å²) in [5.41, 5.74) is 7.98. The first-order chi connectivity index (χ1) is 9.65. The van der Waals surface area contributed by atoms with E-state index in [1.807, 2.05) is 31.2 Å². The summed E-state index contributed by atoms with van der Waals surface area (Å²) >= 11 is 0. The molecule has 0 spiro atoms. The van der Waals surface area contributed by atoms with E-state index in [0.717, 1.165) is 17.0 Å². The third kappa shape index (κ3) is 2.28. The second-order valence-corrected chi connectivity index (χ2v) is 4.84. The number of ether oxygens (including phenoxy) is 2. The average Bonchev–Trinajstić information content (AvgIpc) is 2.90. The molecule has 5 nitrogen and oxygen atoms in total. The molecule has 2 heterocycles. The van der Waals surface area contributed by atoms with Crippen molar-refractivity contribution < 1.29 is 9.47 Å². The van der Waals surface area contributed by atoms with Gasteiger partial charge in [0, 0.05) is 24.3 Å². The van der Waals surface area contributed by atoms with E-state index in [4.69, 9.17) is 15.2 Å². The molecule has 1 unspecified atom stereocenters. The highest BCUT2D eigenvalue weighted by atomic mass is 16.7. The highest BCUT2D eigenvalue weighted by Gasteiger charge is 2.16. The fourth-order valence-electron chi connectivity index (χ4n) is 2.30. The molecule has 0 fully saturated rings. The van der Waals surface area contributed by atoms with Crippen LogP contribution in [0.4, 0.5) is 0 Å². The van der Waals surface area contributed by atoms with Crippen molar-refractivity contribution in [3.8, 4) is 11.5 Å². The van der Waals surface area contributed by atoms with Gasteiger partial charge in [-0.3, -0.25) is 4.79 Å². The van der Waals surface area contributed by atoms with Crippen molar-refractivity contribution in [1.29, 1.82) is 0 Å². The van der Waals surface area contributed by atoms with Crippen LogP contribution in [0.3, 0.4) is 0 Å². The van der Waals surface area contributed by atoms with E-state index >= 15 is 0 Å². The van der Waals surface area contributed by atoms with Crippen LogP contribution in [0.1, 0.15) is 17.3 Å². The van der Waals surface area contributed by atoms with E-state index in [0.29, 0.717) is 12.3 Å². The smallest absolute Gasteiger partial charge is 0.250 e. The molecule has 3 rings (SSSR count). The summed E-state index contributed by atoms with van der Waals surface area (Å²) in [4.78, 5) is 11.9. The predicted octanol–water partition coefficient (Wildman–Crippen LogP) is 1.59. The number of aryl methyl sites for hydroxylation is 1. The number of hydrogen-bond acceptors (Lipinski definition) is 4. The number of rotatable bonds is 3. The van der Waals surface area contributed by atoms with Gasteiger partial charge < -0.3 is 19.8 Å². The summed E-state index contributed by atoms with van der Waals surface area (Å²) in [5.74, 6) is 1.43. The summed E-state index contributed by atoms with van der Waals surface area (Å²) in [6.07, 6.45) is 0. The largest absolute Gasteiger partial charge is 0.454 e. The molecule has 2 aromatic rings. The Labute approximate surface area is 116 Å². The Hall–Kier alpha value is -2.27. The first kappa shape index (κ1) is 12.7. The Balaban J connectivity index is 1.86. The van der Waals surface area contributed by atoms with Crippen molar-refractivity contribution in [3.63, 3.8) is 0 Å². The van der Waals surface area contributed by atoms with Gasteiger partial charge in [0.25, 0.3) is 5.56 Å². The zero-order valence-electron chi connectivity index (χ0n) is 11.2. The van der Waals surface area contributed by atoms with Gasteiger partial charge in [-0.15, -0.1) is 0 Å². The molecular weight excluding hydrogens is 256 g/mol. The second kappa shape index (κ2) is 5.02. The number of benzene rings is 1. The molecule has 0 radical (unpaired) electrons. The summed E-state index contributed by atoms with van der Waals surface area (Å²) in [5, 5.41) is 0. The van der Waals surface area contributed by atoms with Crippen LogP contribution in [-0.4, -0.2) is 11.4 Å². The monoisotopic (exact) mass is 272 g/mol. The SMILES string of the molecule is Cc1cccc(=O)n1CC(N)c1ccc2c(c1)OCO2. The van der Waals surface area contributed by atoms with Crippen molar-refractivity contribution >= 4 is 0 Å². The lowest BCUT2D eigenvalue weighted by Crippen LogP contribution is -2.27. The van der Waals surface area contributed by atoms with Crippen LogP contribution in [0.25, 0.3) is 0 Å². The van der Waals surface area contributed by atoms with Gasteiger partial charge in [-0.2, -0.15) is 0 Å². The molecule has 2 N–H and O–H groups in total. The highest BCUT2D eigenvalue weighted by molar-refractivity contribution is 5.45. The topological polar surface area (TPSA) is 66.5 Å². The number of fused-ring (bicyclic) bond motifs is 1. The van der Waals surface area contributed by atoms with E-state index in [2.05, 4.69) is 0 Å². The van der Waals surface area contributed by atoms with Gasteiger partial charge in [-0.1, -0.05) is 12.1 Å². The normalized spacial score (nSPS) is 14.3. The van der Waals surface area contributed by atoms with Gasteiger partial charge in [0.1, 0.15) is 0 Å². The standard InChI is InChI=1S/C15H16N2O3/c1-10-3-2-4-15(18)17(10)8-12(16)11-5-6-13-14(7-11)20-9-19-13/h2-7,12H,8-9,16H2,1H3. The van der Waals surface area contributed by atoms with E-state index < -0.39 is 0 Å². The van der Waals surface area contributed by atoms with E-state index in [1.165, 1.54) is 0 Å². The molecule has 1 aliphatic rings. The maximum atomic E-state index is 11.9. The average molecular weight is 272 g/mol. The number of nitrogens with two attached hydrogens (primary N) is 1. The molecule has 5 heteroatoms. The van der Waals surface area contributed by atoms with Crippen LogP contribution < -0.4 is 20.8 Å². The summed E-state index contributed by atoms with van der Waals surface area (Å²) in [6.45, 7) is 2.57. The Morgan fingerprint density at radius 3 is 2.85 bits per heavy atom. The van der Waals surface area contributed by atoms with Crippen molar-refractivity contribution in [2.75, 3.05) is 6.79 Å². The van der Waals surface area contributed by atoms with Crippen LogP contribution >= 0.6 is 0 Å². The first-order valence-corrected chi connectivity index (χ1v) is 6.47. The Bertz CT molecular complexity index is 694. The molecule has 1 aromatic heterocycles. The van der Waals surface area contributed by atoms with Crippen LogP contribution in [0.5, 0.6) is 11.5 Å². The first-order valence-electron chi connectivity index (χ1n) is 6.47. The van der Waals surface area contributed by atoms with Gasteiger partial charge in [0.15, 0.2) is 11.5 Å². The molecule has 1 atom stereocenters. The minimum absolute atomic E-state index is 0.0406. The lowest BCUT2D eigenvalue weighted by molar-refractivity contribution is 0.174. The maximum absolute atomic E-state index is 11.9. The third-order valence-electron chi connectivity index (χ3n) is 3.47. The van der Waals surface area contributed by atoms with Gasteiger partial charge in [-0.05, 0) is 30.7 Å². The molecule has 0 saturated heterocycles. The van der Waals surface area contributed by atoms with E-state index in [-0.39, 0.29) is 18.4 Å². The summed E-state index contributed by atoms with van der Waals surface area (Å²) in [6, 6.07) is 10.5. The molecule has 1 aliphatic heterocycles. The van der Waals surface area contributed by atoms with Gasteiger partial charge in [-0.25, -0.2) is 0 Å². The second-order valence-electron chi connectivity index (χ2n) is 4.84. The number of pyridine rings is 1. The Morgan fingerprint density at radius 1 is 1.25 bits per heavy atom. The van der Waals surface area contributed by atoms with Crippen LogP contribution in [0.2, 0.25) is 0 Å². The third-order valence-corrected chi connectivity index (χ3v) is 3.47. The van der Waals surface area contributed by atoms with Crippen LogP contribution in [0, 0.1) is 6.92 Å². The van der Waals surface area contributed by atoms with E-state index in [1.54, 1.807) is 16.7 Å². The zero-order valence-corrected chi connectivity index (χ0v) is 11.2. The van der Waals surface area contributed by atoms with Crippen LogP contribution in [0.15, 0.2) is 41.2 Å². The van der Waals surface area contributed by atoms with Crippen LogP contribution in [-0.2, 0) is 6.54 Å². The Morgan fingerprint density at radius 2 is 2.05 bits per heavy atom. The fraction of sp³-hybridized carbons (Fsp3) is 0.267. The zero-order chi connectivity index (χ0) is 14.1. The molecule has 0 amide bonds. The van der Waals surface area contributed by atoms with Gasteiger partial charge >= 0.3 is 0 Å². The molecule has 0 aliphatic carbocycles. The lowest BCUT2D eigenvalue weighted by atomic mass is 10.1. The highest BCUT2D eigenvalue weighted by Crippen LogP contribution is 2.33. The minimum atomic E-state index is -0.275. The van der Waals surface area contributed by atoms with Gasteiger partial charge in [0.2, 0.25) is 6.79 Å². The number of aromatic nitrogens is 1. The summed E-state index contributed by atoms with van der Waals surface area (Å²) in [7, 11) is 0. The van der Waals surface area contributed by atoms with Crippen molar-refractivity contribution in [2.24, 2.45) is 5.73 Å². The lowest BCUT2D eigenvalue weighted by Gasteiger charge is -2.16. The van der Waals surface area contributed by atoms with Crippen molar-refractivity contribution in [3.05, 3.63) is 58.0 Å². The quantitative estimate of drug-likeness (QED) is 0.921. The predicted molar refractivity (Wildman–Crippen MR) is 74.9 cm³/mol. The van der Waals surface area contributed by atoms with E-state index in [9.17, 15) is 4.79 Å². The molecular formula is C15H16N2O3. The molecule has 0 bridgehead atoms. The fourth-order valence-corrected chi connectivity index (χ4v) is 2.30. The maximum Gasteiger partial charge on any atom is 0.250 e. The van der Waals surface area contributed by atoms with Crippen molar-refractivity contribution in [1.82, 2.24) is 4.57 Å². The number of hydrogen-bond donors (Lipinski definition) is 1.